The molecule has 1 amide bonds. The third-order valence-corrected chi connectivity index (χ3v) is 6.75. The fraction of sp³-hybridized carbons (Fsp3) is 0.615. The van der Waals surface area contributed by atoms with Crippen LogP contribution >= 0.6 is 0 Å². The minimum absolute atomic E-state index is 0.0346. The van der Waals surface area contributed by atoms with Crippen molar-refractivity contribution in [3.8, 4) is 11.8 Å². The predicted molar refractivity (Wildman–Crippen MR) is 124 cm³/mol. The summed E-state index contributed by atoms with van der Waals surface area (Å²) in [7, 11) is 5.21. The minimum atomic E-state index is -0.921. The number of esters is 1. The second kappa shape index (κ2) is 9.95. The molecule has 3 rings (SSSR count). The number of carbonyl (C=O) groups excluding carboxylic acids is 2. The van der Waals surface area contributed by atoms with E-state index in [0.717, 1.165) is 30.4 Å². The molecule has 0 radical (unpaired) electrons. The molecule has 1 aromatic rings. The zero-order valence-electron chi connectivity index (χ0n) is 20.2. The number of hydrogen-bond donors (Lipinski definition) is 0. The predicted octanol–water partition coefficient (Wildman–Crippen LogP) is 3.86. The zero-order valence-corrected chi connectivity index (χ0v) is 20.2. The molecule has 4 atom stereocenters. The van der Waals surface area contributed by atoms with Crippen molar-refractivity contribution in [3.05, 3.63) is 35.4 Å². The molecule has 1 aromatic carbocycles. The third-order valence-electron chi connectivity index (χ3n) is 6.75. The summed E-state index contributed by atoms with van der Waals surface area (Å²) in [6.07, 6.45) is 2.79. The number of nitrogens with zero attached hydrogens (tertiary/aromatic N) is 2. The molecule has 0 bridgehead atoms. The number of likely N-dealkylation sites (N-methyl/N-ethyl adjacent to an activating group) is 1. The van der Waals surface area contributed by atoms with Crippen LogP contribution in [0.2, 0.25) is 0 Å². The van der Waals surface area contributed by atoms with Crippen LogP contribution < -0.4 is 0 Å². The van der Waals surface area contributed by atoms with E-state index in [-0.39, 0.29) is 36.0 Å². The van der Waals surface area contributed by atoms with Crippen molar-refractivity contribution in [1.82, 2.24) is 9.80 Å². The molecule has 6 nitrogen and oxygen atoms in total. The van der Waals surface area contributed by atoms with Gasteiger partial charge in [-0.1, -0.05) is 31.9 Å². The van der Waals surface area contributed by atoms with Crippen LogP contribution in [0.15, 0.2) is 24.3 Å². The number of carbonyl (C=O) groups is 2. The van der Waals surface area contributed by atoms with E-state index in [1.807, 2.05) is 64.0 Å². The lowest BCUT2D eigenvalue weighted by atomic mass is 9.72. The normalized spacial score (nSPS) is 25.7. The fourth-order valence-corrected chi connectivity index (χ4v) is 5.39. The van der Waals surface area contributed by atoms with Crippen molar-refractivity contribution in [2.24, 2.45) is 11.8 Å². The van der Waals surface area contributed by atoms with Crippen LogP contribution in [0.1, 0.15) is 50.7 Å². The summed E-state index contributed by atoms with van der Waals surface area (Å²) in [6.45, 7) is 6.67. The molecule has 6 heteroatoms. The van der Waals surface area contributed by atoms with E-state index >= 15 is 0 Å². The van der Waals surface area contributed by atoms with E-state index in [1.54, 1.807) is 4.90 Å². The largest absolute Gasteiger partial charge is 0.453 e. The van der Waals surface area contributed by atoms with Gasteiger partial charge in [-0.15, -0.1) is 0 Å². The number of ether oxygens (including phenoxy) is 2. The van der Waals surface area contributed by atoms with E-state index in [4.69, 9.17) is 9.47 Å². The lowest BCUT2D eigenvalue weighted by Gasteiger charge is -2.43. The van der Waals surface area contributed by atoms with Crippen molar-refractivity contribution < 1.29 is 19.1 Å². The molecule has 0 unspecified atom stereocenters. The lowest BCUT2D eigenvalue weighted by molar-refractivity contribution is -0.170. The summed E-state index contributed by atoms with van der Waals surface area (Å²) in [6, 6.07) is 7.64. The molecule has 0 aromatic heterocycles. The molecular formula is C26H36N2O4. The quantitative estimate of drug-likeness (QED) is 0.526. The second-order valence-corrected chi connectivity index (χ2v) is 9.60. The Labute approximate surface area is 192 Å². The summed E-state index contributed by atoms with van der Waals surface area (Å²) in [4.78, 5) is 29.4. The first-order valence-electron chi connectivity index (χ1n) is 11.5. The third kappa shape index (κ3) is 4.94. The highest BCUT2D eigenvalue weighted by Crippen LogP contribution is 2.45. The molecule has 1 saturated carbocycles. The monoisotopic (exact) mass is 440 g/mol. The Morgan fingerprint density at radius 1 is 1.25 bits per heavy atom. The Kier molecular flexibility index (Phi) is 7.51. The minimum Gasteiger partial charge on any atom is -0.453 e. The Bertz CT molecular complexity index is 893. The molecule has 1 aliphatic carbocycles. The summed E-state index contributed by atoms with van der Waals surface area (Å²) >= 11 is 0. The van der Waals surface area contributed by atoms with E-state index in [1.165, 1.54) is 7.11 Å². The first-order valence-corrected chi connectivity index (χ1v) is 11.5. The van der Waals surface area contributed by atoms with Gasteiger partial charge in [0.2, 0.25) is 0 Å². The highest BCUT2D eigenvalue weighted by Gasteiger charge is 2.54. The van der Waals surface area contributed by atoms with Gasteiger partial charge in [0.25, 0.3) is 0 Å². The maximum Gasteiger partial charge on any atom is 0.409 e. The van der Waals surface area contributed by atoms with Gasteiger partial charge in [0.1, 0.15) is 6.04 Å². The number of likely N-dealkylation sites (tertiary alicyclic amines) is 1. The Hall–Kier alpha value is -2.52. The zero-order chi connectivity index (χ0) is 23.5. The van der Waals surface area contributed by atoms with E-state index < -0.39 is 5.60 Å². The Morgan fingerprint density at radius 2 is 2.00 bits per heavy atom. The lowest BCUT2D eigenvalue weighted by Crippen LogP contribution is -2.54. The van der Waals surface area contributed by atoms with Crippen LogP contribution in [0.3, 0.4) is 0 Å². The van der Waals surface area contributed by atoms with Crippen molar-refractivity contribution >= 4 is 12.1 Å². The summed E-state index contributed by atoms with van der Waals surface area (Å²) in [5, 5.41) is 0. The van der Waals surface area contributed by atoms with Gasteiger partial charge in [-0.3, -0.25) is 9.69 Å². The molecule has 1 heterocycles. The molecule has 1 saturated heterocycles. The topological polar surface area (TPSA) is 59.1 Å². The van der Waals surface area contributed by atoms with Crippen LogP contribution in [-0.2, 0) is 14.3 Å². The van der Waals surface area contributed by atoms with Gasteiger partial charge in [-0.25, -0.2) is 4.79 Å². The van der Waals surface area contributed by atoms with Crippen molar-refractivity contribution in [2.45, 2.75) is 64.1 Å². The van der Waals surface area contributed by atoms with E-state index in [9.17, 15) is 9.59 Å². The van der Waals surface area contributed by atoms with E-state index in [0.29, 0.717) is 13.0 Å². The van der Waals surface area contributed by atoms with Crippen LogP contribution in [0.5, 0.6) is 0 Å². The summed E-state index contributed by atoms with van der Waals surface area (Å²) in [5.74, 6) is 6.52. The number of rotatable bonds is 4. The molecule has 2 aliphatic rings. The van der Waals surface area contributed by atoms with Gasteiger partial charge in [0.15, 0.2) is 5.60 Å². The van der Waals surface area contributed by atoms with Crippen molar-refractivity contribution in [1.29, 1.82) is 0 Å². The average Bonchev–Trinajstić information content (AvgIpc) is 3.17. The smallest absolute Gasteiger partial charge is 0.409 e. The molecule has 32 heavy (non-hydrogen) atoms. The number of hydrogen-bond acceptors (Lipinski definition) is 5. The first-order chi connectivity index (χ1) is 15.2. The van der Waals surface area contributed by atoms with Gasteiger partial charge in [0, 0.05) is 24.1 Å². The van der Waals surface area contributed by atoms with E-state index in [2.05, 4.69) is 11.8 Å². The Morgan fingerprint density at radius 3 is 2.62 bits per heavy atom. The maximum atomic E-state index is 13.4. The summed E-state index contributed by atoms with van der Waals surface area (Å²) < 4.78 is 11.4. The molecule has 0 N–H and O–H groups in total. The van der Waals surface area contributed by atoms with Crippen LogP contribution in [-0.4, -0.2) is 67.3 Å². The van der Waals surface area contributed by atoms with Gasteiger partial charge in [0.05, 0.1) is 7.11 Å². The average molecular weight is 441 g/mol. The Balaban J connectivity index is 2.00. The SMILES string of the molecule is COC(=O)N1CC[C@@H]2[C@H]1CCC[C@]2(C#Cc1cccc(C)c1)OC(=O)[C@H](C(C)C)N(C)C. The molecule has 0 spiro atoms. The number of fused-ring (bicyclic) bond motifs is 1. The summed E-state index contributed by atoms with van der Waals surface area (Å²) in [5.41, 5.74) is 1.11. The first kappa shape index (κ1) is 24.1. The molecular weight excluding hydrogens is 404 g/mol. The molecule has 2 fully saturated rings. The van der Waals surface area contributed by atoms with Crippen molar-refractivity contribution in [2.75, 3.05) is 27.7 Å². The van der Waals surface area contributed by atoms with Crippen molar-refractivity contribution in [3.63, 3.8) is 0 Å². The van der Waals surface area contributed by atoms with Gasteiger partial charge in [-0.2, -0.15) is 0 Å². The second-order valence-electron chi connectivity index (χ2n) is 9.60. The highest BCUT2D eigenvalue weighted by atomic mass is 16.6. The van der Waals surface area contributed by atoms with Gasteiger partial charge < -0.3 is 14.4 Å². The number of aryl methyl sites for hydroxylation is 1. The van der Waals surface area contributed by atoms with Crippen LogP contribution in [0.4, 0.5) is 4.79 Å². The molecule has 174 valence electrons. The maximum absolute atomic E-state index is 13.4. The fourth-order valence-electron chi connectivity index (χ4n) is 5.39. The van der Waals surface area contributed by atoms with Crippen LogP contribution in [0, 0.1) is 30.6 Å². The molecule has 1 aliphatic heterocycles. The highest BCUT2D eigenvalue weighted by molar-refractivity contribution is 5.77. The van der Waals surface area contributed by atoms with Gasteiger partial charge >= 0.3 is 12.1 Å². The number of amides is 1. The van der Waals surface area contributed by atoms with Crippen LogP contribution in [0.25, 0.3) is 0 Å². The number of methoxy groups -OCH3 is 1. The number of benzene rings is 1. The van der Waals surface area contributed by atoms with Gasteiger partial charge in [-0.05, 0) is 76.2 Å². The standard InChI is InChI=1S/C26H36N2O4/c1-18(2)23(27(4)5)24(29)32-26(15-12-20-10-7-9-19(3)17-20)14-8-11-22-21(26)13-16-28(22)25(30)31-6/h7,9-10,17-18,21-23H,8,11,13-14,16H2,1-6H3/t21-,22-,23+,26-/m1/s1.